The smallest absolute Gasteiger partial charge is 0.220 e. The van der Waals surface area contributed by atoms with Crippen molar-refractivity contribution in [3.8, 4) is 5.75 Å². The van der Waals surface area contributed by atoms with Gasteiger partial charge in [-0.3, -0.25) is 4.79 Å². The van der Waals surface area contributed by atoms with Crippen LogP contribution >= 0.6 is 11.6 Å². The molecule has 1 atom stereocenters. The second-order valence-corrected chi connectivity index (χ2v) is 5.64. The number of ether oxygens (including phenoxy) is 1. The molecule has 0 aliphatic rings. The first-order chi connectivity index (χ1) is 11.1. The summed E-state index contributed by atoms with van der Waals surface area (Å²) in [6.45, 7) is -0.157. The van der Waals surface area contributed by atoms with Gasteiger partial charge in [0.05, 0.1) is 19.8 Å². The van der Waals surface area contributed by atoms with Gasteiger partial charge in [-0.25, -0.2) is 0 Å². The maximum atomic E-state index is 12.1. The van der Waals surface area contributed by atoms with E-state index < -0.39 is 6.04 Å². The number of methoxy groups -OCH3 is 1. The summed E-state index contributed by atoms with van der Waals surface area (Å²) in [4.78, 5) is 12.1. The zero-order chi connectivity index (χ0) is 16.7. The number of rotatable bonds is 7. The van der Waals surface area contributed by atoms with Crippen LogP contribution in [0.4, 0.5) is 0 Å². The number of carbonyl (C=O) groups excluding carboxylic acids is 1. The van der Waals surface area contributed by atoms with Gasteiger partial charge < -0.3 is 15.2 Å². The fraction of sp³-hybridized carbons (Fsp3) is 0.278. The van der Waals surface area contributed by atoms with Gasteiger partial charge in [-0.1, -0.05) is 35.9 Å². The molecule has 23 heavy (non-hydrogen) atoms. The van der Waals surface area contributed by atoms with Gasteiger partial charge in [-0.15, -0.1) is 0 Å². The van der Waals surface area contributed by atoms with Crippen LogP contribution in [0.1, 0.15) is 23.6 Å². The minimum Gasteiger partial charge on any atom is -0.497 e. The number of aryl methyl sites for hydroxylation is 1. The third kappa shape index (κ3) is 5.27. The number of amides is 1. The highest BCUT2D eigenvalue weighted by Crippen LogP contribution is 2.17. The molecule has 122 valence electrons. The highest BCUT2D eigenvalue weighted by atomic mass is 35.5. The van der Waals surface area contributed by atoms with E-state index in [1.165, 1.54) is 0 Å². The minimum atomic E-state index is -0.421. The van der Waals surface area contributed by atoms with Crippen LogP contribution in [-0.4, -0.2) is 24.7 Å². The maximum absolute atomic E-state index is 12.1. The molecule has 0 bridgehead atoms. The van der Waals surface area contributed by atoms with Gasteiger partial charge in [-0.2, -0.15) is 0 Å². The molecule has 0 radical (unpaired) electrons. The van der Waals surface area contributed by atoms with Crippen molar-refractivity contribution in [1.82, 2.24) is 5.32 Å². The normalized spacial score (nSPS) is 11.8. The largest absolute Gasteiger partial charge is 0.497 e. The van der Waals surface area contributed by atoms with Crippen molar-refractivity contribution in [2.24, 2.45) is 0 Å². The first-order valence-corrected chi connectivity index (χ1v) is 7.79. The first kappa shape index (κ1) is 17.3. The van der Waals surface area contributed by atoms with E-state index in [1.54, 1.807) is 31.4 Å². The van der Waals surface area contributed by atoms with E-state index in [0.29, 0.717) is 17.9 Å². The van der Waals surface area contributed by atoms with Crippen LogP contribution in [0.5, 0.6) is 5.75 Å². The molecule has 2 aromatic carbocycles. The molecule has 0 saturated heterocycles. The molecule has 0 heterocycles. The van der Waals surface area contributed by atoms with Crippen LogP contribution < -0.4 is 10.1 Å². The van der Waals surface area contributed by atoms with Crippen molar-refractivity contribution < 1.29 is 14.6 Å². The van der Waals surface area contributed by atoms with Crippen LogP contribution in [0.15, 0.2) is 48.5 Å². The quantitative estimate of drug-likeness (QED) is 0.818. The molecule has 0 fully saturated rings. The Morgan fingerprint density at radius 1 is 1.17 bits per heavy atom. The maximum Gasteiger partial charge on any atom is 0.220 e. The van der Waals surface area contributed by atoms with E-state index in [-0.39, 0.29) is 12.5 Å². The molecule has 2 aromatic rings. The Morgan fingerprint density at radius 2 is 1.83 bits per heavy atom. The summed E-state index contributed by atoms with van der Waals surface area (Å²) >= 11 is 5.85. The topological polar surface area (TPSA) is 58.6 Å². The number of aliphatic hydroxyl groups excluding tert-OH is 1. The van der Waals surface area contributed by atoms with E-state index in [9.17, 15) is 9.90 Å². The van der Waals surface area contributed by atoms with Gasteiger partial charge in [0.1, 0.15) is 5.75 Å². The van der Waals surface area contributed by atoms with Gasteiger partial charge in [-0.05, 0) is 41.8 Å². The van der Waals surface area contributed by atoms with Gasteiger partial charge in [0.2, 0.25) is 5.91 Å². The number of hydrogen-bond acceptors (Lipinski definition) is 3. The lowest BCUT2D eigenvalue weighted by Gasteiger charge is -2.17. The van der Waals surface area contributed by atoms with Gasteiger partial charge in [0.15, 0.2) is 0 Å². The fourth-order valence-electron chi connectivity index (χ4n) is 2.25. The molecular weight excluding hydrogens is 314 g/mol. The van der Waals surface area contributed by atoms with Crippen molar-refractivity contribution >= 4 is 17.5 Å². The summed E-state index contributed by atoms with van der Waals surface area (Å²) in [5, 5.41) is 12.9. The molecule has 1 unspecified atom stereocenters. The highest BCUT2D eigenvalue weighted by molar-refractivity contribution is 6.30. The fourth-order valence-corrected chi connectivity index (χ4v) is 2.37. The molecule has 5 heteroatoms. The van der Waals surface area contributed by atoms with Crippen molar-refractivity contribution in [3.05, 3.63) is 64.7 Å². The first-order valence-electron chi connectivity index (χ1n) is 7.41. The summed E-state index contributed by atoms with van der Waals surface area (Å²) in [7, 11) is 1.62. The molecule has 1 amide bonds. The lowest BCUT2D eigenvalue weighted by Crippen LogP contribution is -2.30. The van der Waals surface area contributed by atoms with Gasteiger partial charge in [0, 0.05) is 11.4 Å². The Kier molecular flexibility index (Phi) is 6.44. The molecule has 0 aliphatic heterocycles. The van der Waals surface area contributed by atoms with Crippen LogP contribution in [0.25, 0.3) is 0 Å². The summed E-state index contributed by atoms with van der Waals surface area (Å²) in [5.74, 6) is 0.691. The lowest BCUT2D eigenvalue weighted by atomic mass is 10.1. The van der Waals surface area contributed by atoms with E-state index in [2.05, 4.69) is 5.32 Å². The van der Waals surface area contributed by atoms with E-state index in [4.69, 9.17) is 16.3 Å². The zero-order valence-corrected chi connectivity index (χ0v) is 13.7. The SMILES string of the molecule is COc1ccc(CCC(=O)NC(CO)c2ccc(Cl)cc2)cc1. The lowest BCUT2D eigenvalue weighted by molar-refractivity contribution is -0.122. The van der Waals surface area contributed by atoms with Crippen molar-refractivity contribution in [1.29, 1.82) is 0 Å². The summed E-state index contributed by atoms with van der Waals surface area (Å²) in [5.41, 5.74) is 1.89. The van der Waals surface area contributed by atoms with Crippen molar-refractivity contribution in [2.45, 2.75) is 18.9 Å². The Labute approximate surface area is 141 Å². The third-order valence-corrected chi connectivity index (χ3v) is 3.84. The number of hydrogen-bond donors (Lipinski definition) is 2. The Balaban J connectivity index is 1.88. The van der Waals surface area contributed by atoms with Crippen molar-refractivity contribution in [2.75, 3.05) is 13.7 Å². The average molecular weight is 334 g/mol. The Bertz CT molecular complexity index is 626. The highest BCUT2D eigenvalue weighted by Gasteiger charge is 2.13. The van der Waals surface area contributed by atoms with Crippen LogP contribution in [0.3, 0.4) is 0 Å². The van der Waals surface area contributed by atoms with Crippen molar-refractivity contribution in [3.63, 3.8) is 0 Å². The standard InChI is InChI=1S/C18H20ClNO3/c1-23-16-9-2-13(3-10-16)4-11-18(22)20-17(12-21)14-5-7-15(19)8-6-14/h2-3,5-10,17,21H,4,11-12H2,1H3,(H,20,22). The number of benzene rings is 2. The molecular formula is C18H20ClNO3. The van der Waals surface area contributed by atoms with Crippen LogP contribution in [0.2, 0.25) is 5.02 Å². The zero-order valence-electron chi connectivity index (χ0n) is 13.0. The Hall–Kier alpha value is -2.04. The molecule has 0 spiro atoms. The van der Waals surface area contributed by atoms with Gasteiger partial charge >= 0.3 is 0 Å². The summed E-state index contributed by atoms with van der Waals surface area (Å²) in [6.07, 6.45) is 0.991. The number of aliphatic hydroxyl groups is 1. The molecule has 2 rings (SSSR count). The monoisotopic (exact) mass is 333 g/mol. The molecule has 4 nitrogen and oxygen atoms in total. The van der Waals surface area contributed by atoms with Crippen LogP contribution in [0, 0.1) is 0 Å². The minimum absolute atomic E-state index is 0.102. The number of halogens is 1. The van der Waals surface area contributed by atoms with Crippen LogP contribution in [-0.2, 0) is 11.2 Å². The third-order valence-electron chi connectivity index (χ3n) is 3.59. The Morgan fingerprint density at radius 3 is 2.39 bits per heavy atom. The summed E-state index contributed by atoms with van der Waals surface area (Å²) < 4.78 is 5.10. The predicted octanol–water partition coefficient (Wildman–Crippen LogP) is 3.13. The average Bonchev–Trinajstić information content (AvgIpc) is 2.59. The number of carbonyl (C=O) groups is 1. The predicted molar refractivity (Wildman–Crippen MR) is 90.7 cm³/mol. The summed E-state index contributed by atoms with van der Waals surface area (Å²) in [6, 6.07) is 14.3. The molecule has 0 aromatic heterocycles. The van der Waals surface area contributed by atoms with Gasteiger partial charge in [0.25, 0.3) is 0 Å². The molecule has 0 aliphatic carbocycles. The second-order valence-electron chi connectivity index (χ2n) is 5.20. The second kappa shape index (κ2) is 8.56. The molecule has 0 saturated carbocycles. The van der Waals surface area contributed by atoms with E-state index in [0.717, 1.165) is 16.9 Å². The molecule has 2 N–H and O–H groups in total. The number of nitrogens with one attached hydrogen (secondary N) is 1. The van der Waals surface area contributed by atoms with E-state index >= 15 is 0 Å². The van der Waals surface area contributed by atoms with E-state index in [1.807, 2.05) is 24.3 Å².